The summed E-state index contributed by atoms with van der Waals surface area (Å²) < 4.78 is 5.17. The molecule has 0 spiro atoms. The molecule has 0 aromatic carbocycles. The summed E-state index contributed by atoms with van der Waals surface area (Å²) in [5, 5.41) is 22.5. The number of aliphatic hydroxyl groups excluding tert-OH is 1. The van der Waals surface area contributed by atoms with Crippen LogP contribution < -0.4 is 0 Å². The highest BCUT2D eigenvalue weighted by molar-refractivity contribution is 5.15. The summed E-state index contributed by atoms with van der Waals surface area (Å²) in [5.41, 5.74) is 0.347. The minimum atomic E-state index is -0.829. The van der Waals surface area contributed by atoms with Crippen LogP contribution in [0.25, 0.3) is 0 Å². The number of aryl methyl sites for hydroxylation is 1. The van der Waals surface area contributed by atoms with Crippen molar-refractivity contribution in [2.75, 3.05) is 0 Å². The fourth-order valence-electron chi connectivity index (χ4n) is 5.79. The van der Waals surface area contributed by atoms with E-state index in [2.05, 4.69) is 20.8 Å². The van der Waals surface area contributed by atoms with Gasteiger partial charge in [-0.25, -0.2) is 0 Å². The van der Waals surface area contributed by atoms with Crippen LogP contribution in [0.4, 0.5) is 0 Å². The molecule has 130 valence electrons. The Bertz CT molecular complexity index is 535. The van der Waals surface area contributed by atoms with Crippen LogP contribution in [-0.2, 0) is 6.42 Å². The van der Waals surface area contributed by atoms with E-state index < -0.39 is 11.7 Å². The zero-order valence-corrected chi connectivity index (χ0v) is 15.0. The first kappa shape index (κ1) is 17.0. The third-order valence-electron chi connectivity index (χ3n) is 7.40. The van der Waals surface area contributed by atoms with Gasteiger partial charge in [0.05, 0.1) is 24.2 Å². The lowest BCUT2D eigenvalue weighted by Crippen LogP contribution is -2.65. The fourth-order valence-corrected chi connectivity index (χ4v) is 5.79. The van der Waals surface area contributed by atoms with Crippen molar-refractivity contribution in [3.05, 3.63) is 24.2 Å². The van der Waals surface area contributed by atoms with E-state index >= 15 is 0 Å². The van der Waals surface area contributed by atoms with Gasteiger partial charge in [0.25, 0.3) is 0 Å². The summed E-state index contributed by atoms with van der Waals surface area (Å²) in [6.07, 6.45) is 8.74. The van der Waals surface area contributed by atoms with Gasteiger partial charge in [0.2, 0.25) is 0 Å². The Morgan fingerprint density at radius 2 is 2.00 bits per heavy atom. The van der Waals surface area contributed by atoms with Crippen molar-refractivity contribution < 1.29 is 14.6 Å². The molecule has 23 heavy (non-hydrogen) atoms. The van der Waals surface area contributed by atoms with E-state index in [1.807, 2.05) is 13.0 Å². The van der Waals surface area contributed by atoms with E-state index in [4.69, 9.17) is 4.42 Å². The highest BCUT2D eigenvalue weighted by atomic mass is 16.3. The molecule has 0 aliphatic heterocycles. The van der Waals surface area contributed by atoms with Crippen LogP contribution in [0.3, 0.4) is 0 Å². The molecular formula is C20H32O3. The van der Waals surface area contributed by atoms with Gasteiger partial charge in [-0.3, -0.25) is 0 Å². The molecule has 5 atom stereocenters. The zero-order valence-electron chi connectivity index (χ0n) is 15.0. The van der Waals surface area contributed by atoms with E-state index in [1.54, 1.807) is 12.5 Å². The number of furan rings is 1. The number of hydrogen-bond donors (Lipinski definition) is 2. The van der Waals surface area contributed by atoms with Crippen molar-refractivity contribution in [1.82, 2.24) is 0 Å². The molecular weight excluding hydrogens is 288 g/mol. The second-order valence-electron chi connectivity index (χ2n) is 8.96. The second-order valence-corrected chi connectivity index (χ2v) is 8.96. The van der Waals surface area contributed by atoms with Gasteiger partial charge in [0, 0.05) is 11.3 Å². The highest BCUT2D eigenvalue weighted by Gasteiger charge is 2.63. The quantitative estimate of drug-likeness (QED) is 0.878. The molecule has 3 nitrogen and oxygen atoms in total. The summed E-state index contributed by atoms with van der Waals surface area (Å²) in [6, 6.07) is 1.97. The van der Waals surface area contributed by atoms with Crippen molar-refractivity contribution in [1.29, 1.82) is 0 Å². The molecule has 1 aromatic heterocycles. The molecule has 2 aliphatic carbocycles. The smallest absolute Gasteiger partial charge is 0.0934 e. The van der Waals surface area contributed by atoms with Crippen molar-refractivity contribution in [2.24, 2.45) is 22.7 Å². The zero-order chi connectivity index (χ0) is 16.9. The Balaban J connectivity index is 1.93. The predicted molar refractivity (Wildman–Crippen MR) is 91.0 cm³/mol. The van der Waals surface area contributed by atoms with Gasteiger partial charge < -0.3 is 14.6 Å². The van der Waals surface area contributed by atoms with Crippen molar-refractivity contribution >= 4 is 0 Å². The van der Waals surface area contributed by atoms with Gasteiger partial charge in [0.15, 0.2) is 0 Å². The van der Waals surface area contributed by atoms with Crippen LogP contribution in [0, 0.1) is 22.7 Å². The molecule has 0 bridgehead atoms. The first-order valence-corrected chi connectivity index (χ1v) is 9.12. The van der Waals surface area contributed by atoms with Crippen LogP contribution in [0.2, 0.25) is 0 Å². The van der Waals surface area contributed by atoms with Crippen molar-refractivity contribution in [2.45, 2.75) is 77.9 Å². The summed E-state index contributed by atoms with van der Waals surface area (Å²) in [7, 11) is 0. The van der Waals surface area contributed by atoms with Gasteiger partial charge in [0.1, 0.15) is 0 Å². The van der Waals surface area contributed by atoms with E-state index in [0.29, 0.717) is 12.3 Å². The second kappa shape index (κ2) is 5.63. The highest BCUT2D eigenvalue weighted by Crippen LogP contribution is 2.63. The first-order valence-electron chi connectivity index (χ1n) is 9.12. The Labute approximate surface area is 140 Å². The summed E-state index contributed by atoms with van der Waals surface area (Å²) in [4.78, 5) is 0. The Hall–Kier alpha value is -0.800. The topological polar surface area (TPSA) is 53.6 Å². The Morgan fingerprint density at radius 1 is 1.26 bits per heavy atom. The molecule has 2 aliphatic rings. The van der Waals surface area contributed by atoms with Crippen LogP contribution in [0.5, 0.6) is 0 Å². The summed E-state index contributed by atoms with van der Waals surface area (Å²) in [5.74, 6) is 0.272. The van der Waals surface area contributed by atoms with Gasteiger partial charge in [-0.2, -0.15) is 0 Å². The largest absolute Gasteiger partial charge is 0.472 e. The van der Waals surface area contributed by atoms with Gasteiger partial charge >= 0.3 is 0 Å². The maximum atomic E-state index is 11.8. The van der Waals surface area contributed by atoms with E-state index in [1.165, 1.54) is 6.42 Å². The van der Waals surface area contributed by atoms with Crippen molar-refractivity contribution in [3.8, 4) is 0 Å². The fraction of sp³-hybridized carbons (Fsp3) is 0.800. The molecule has 0 radical (unpaired) electrons. The lowest BCUT2D eigenvalue weighted by molar-refractivity contribution is -0.239. The number of hydrogen-bond acceptors (Lipinski definition) is 3. The SMILES string of the molecule is C[C@@H]1C(O)C[C@H]2C(C)(C)CCC[C@]2(C)[C@@]1(O)CCc1ccoc1. The normalized spacial score (nSPS) is 43.1. The lowest BCUT2D eigenvalue weighted by atomic mass is 9.43. The average Bonchev–Trinajstić information content (AvgIpc) is 2.99. The molecule has 2 saturated carbocycles. The van der Waals surface area contributed by atoms with Gasteiger partial charge in [-0.05, 0) is 55.1 Å². The number of rotatable bonds is 3. The number of aliphatic hydroxyl groups is 2. The molecule has 0 saturated heterocycles. The minimum Gasteiger partial charge on any atom is -0.472 e. The lowest BCUT2D eigenvalue weighted by Gasteiger charge is -2.64. The van der Waals surface area contributed by atoms with Crippen LogP contribution in [-0.4, -0.2) is 21.9 Å². The average molecular weight is 320 g/mol. The van der Waals surface area contributed by atoms with E-state index in [0.717, 1.165) is 31.2 Å². The summed E-state index contributed by atoms with van der Waals surface area (Å²) in [6.45, 7) is 8.93. The van der Waals surface area contributed by atoms with Crippen LogP contribution in [0.1, 0.15) is 65.4 Å². The maximum Gasteiger partial charge on any atom is 0.0934 e. The minimum absolute atomic E-state index is 0.0930. The predicted octanol–water partition coefficient (Wildman–Crippen LogP) is 4.18. The van der Waals surface area contributed by atoms with E-state index in [-0.39, 0.29) is 16.7 Å². The molecule has 2 fully saturated rings. The molecule has 2 N–H and O–H groups in total. The molecule has 3 heteroatoms. The molecule has 3 rings (SSSR count). The molecule has 0 amide bonds. The monoisotopic (exact) mass is 320 g/mol. The van der Waals surface area contributed by atoms with Crippen LogP contribution in [0.15, 0.2) is 23.0 Å². The maximum absolute atomic E-state index is 11.8. The third kappa shape index (κ3) is 2.56. The summed E-state index contributed by atoms with van der Waals surface area (Å²) >= 11 is 0. The van der Waals surface area contributed by atoms with E-state index in [9.17, 15) is 10.2 Å². The van der Waals surface area contributed by atoms with Crippen molar-refractivity contribution in [3.63, 3.8) is 0 Å². The standard InChI is InChI=1S/C20H32O3/c1-14-16(21)12-17-18(2,3)8-5-9-19(17,4)20(14,22)10-6-15-7-11-23-13-15/h7,11,13-14,16-17,21-22H,5-6,8-10,12H2,1-4H3/t14-,16?,17+,19+,20-/m1/s1. The van der Waals surface area contributed by atoms with Gasteiger partial charge in [-0.15, -0.1) is 0 Å². The molecule has 1 heterocycles. The molecule has 1 unspecified atom stereocenters. The first-order chi connectivity index (χ1) is 10.7. The van der Waals surface area contributed by atoms with Crippen LogP contribution >= 0.6 is 0 Å². The van der Waals surface area contributed by atoms with Gasteiger partial charge in [-0.1, -0.05) is 34.1 Å². The Morgan fingerprint density at radius 3 is 2.65 bits per heavy atom. The Kier molecular flexibility index (Phi) is 4.17. The third-order valence-corrected chi connectivity index (χ3v) is 7.40. The molecule has 1 aromatic rings. The number of fused-ring (bicyclic) bond motifs is 1.